The zero-order chi connectivity index (χ0) is 28.1. The summed E-state index contributed by atoms with van der Waals surface area (Å²) in [5, 5.41) is 0. The van der Waals surface area contributed by atoms with Crippen LogP contribution in [-0.2, 0) is 29.1 Å². The lowest BCUT2D eigenvalue weighted by molar-refractivity contribution is 0.181. The van der Waals surface area contributed by atoms with E-state index < -0.39 is 0 Å². The van der Waals surface area contributed by atoms with Gasteiger partial charge in [0.05, 0.1) is 13.2 Å². The van der Waals surface area contributed by atoms with Crippen molar-refractivity contribution in [3.63, 3.8) is 0 Å². The van der Waals surface area contributed by atoms with Gasteiger partial charge in [-0.25, -0.2) is 0 Å². The van der Waals surface area contributed by atoms with Crippen LogP contribution in [0.1, 0.15) is 50.1 Å². The lowest BCUT2D eigenvalue weighted by Crippen LogP contribution is -2.07. The first-order valence-electron chi connectivity index (χ1n) is 13.2. The summed E-state index contributed by atoms with van der Waals surface area (Å²) in [6.07, 6.45) is 0.778. The van der Waals surface area contributed by atoms with Crippen LogP contribution in [0.3, 0.4) is 0 Å². The van der Waals surface area contributed by atoms with Crippen LogP contribution in [0.5, 0.6) is 23.0 Å². The number of nitrogens with two attached hydrogens (primary N) is 1. The van der Waals surface area contributed by atoms with Crippen LogP contribution in [0.25, 0.3) is 0 Å². The van der Waals surface area contributed by atoms with Gasteiger partial charge in [-0.1, -0.05) is 29.8 Å². The van der Waals surface area contributed by atoms with Crippen LogP contribution < -0.4 is 15.2 Å². The molecule has 0 aliphatic carbocycles. The molecule has 0 atom stereocenters. The monoisotopic (exact) mass is 525 g/mol. The summed E-state index contributed by atoms with van der Waals surface area (Å²) < 4.78 is 24.0. The van der Waals surface area contributed by atoms with E-state index in [0.717, 1.165) is 51.7 Å². The van der Waals surface area contributed by atoms with Gasteiger partial charge in [0.2, 0.25) is 0 Å². The van der Waals surface area contributed by atoms with Gasteiger partial charge < -0.3 is 24.7 Å². The number of ether oxygens (including phenoxy) is 4. The van der Waals surface area contributed by atoms with Crippen LogP contribution in [-0.4, -0.2) is 14.2 Å². The highest BCUT2D eigenvalue weighted by Gasteiger charge is 2.20. The molecule has 0 aromatic heterocycles. The van der Waals surface area contributed by atoms with Gasteiger partial charge in [-0.15, -0.1) is 0 Å². The first-order valence-corrected chi connectivity index (χ1v) is 13.2. The van der Waals surface area contributed by atoms with E-state index >= 15 is 0 Å². The molecule has 2 N–H and O–H groups in total. The average Bonchev–Trinajstić information content (AvgIpc) is 2.91. The van der Waals surface area contributed by atoms with Gasteiger partial charge in [-0.05, 0) is 111 Å². The molecule has 4 rings (SSSR count). The third-order valence-corrected chi connectivity index (χ3v) is 7.21. The molecule has 0 amide bonds. The third-order valence-electron chi connectivity index (χ3n) is 7.21. The number of methoxy groups -OCH3 is 2. The fourth-order valence-electron chi connectivity index (χ4n) is 4.95. The van der Waals surface area contributed by atoms with Crippen molar-refractivity contribution < 1.29 is 18.9 Å². The maximum absolute atomic E-state index is 6.39. The summed E-state index contributed by atoms with van der Waals surface area (Å²) in [5.74, 6) is 3.26. The quantitative estimate of drug-likeness (QED) is 0.211. The highest BCUT2D eigenvalue weighted by atomic mass is 16.5. The van der Waals surface area contributed by atoms with E-state index in [0.29, 0.717) is 18.9 Å². The minimum absolute atomic E-state index is 0.459. The van der Waals surface area contributed by atoms with Crippen molar-refractivity contribution >= 4 is 5.69 Å². The highest BCUT2D eigenvalue weighted by Crippen LogP contribution is 2.38. The van der Waals surface area contributed by atoms with Crippen LogP contribution in [0.15, 0.2) is 60.7 Å². The standard InChI is InChI=1S/C34H39NO4/c1-21-8-12-29(13-9-21)38-33-22(2)16-26(24(4)31(33)19-36-6)18-27-17-23(3)34(32(20-37-7)25(27)5)39-30-14-10-28(35)11-15-30/h8-17H,18-20,35H2,1-7H3. The number of aryl methyl sites for hydroxylation is 3. The van der Waals surface area contributed by atoms with Crippen molar-refractivity contribution in [3.8, 4) is 23.0 Å². The molecule has 0 aliphatic heterocycles. The van der Waals surface area contributed by atoms with Crippen LogP contribution >= 0.6 is 0 Å². The Kier molecular flexibility index (Phi) is 8.95. The molecule has 0 aliphatic rings. The maximum Gasteiger partial charge on any atom is 0.136 e. The van der Waals surface area contributed by atoms with Gasteiger partial charge in [0.1, 0.15) is 23.0 Å². The lowest BCUT2D eigenvalue weighted by atomic mass is 9.89. The van der Waals surface area contributed by atoms with Gasteiger partial charge in [0.25, 0.3) is 0 Å². The van der Waals surface area contributed by atoms with Crippen LogP contribution in [0.2, 0.25) is 0 Å². The topological polar surface area (TPSA) is 62.9 Å². The molecule has 0 bridgehead atoms. The molecule has 0 fully saturated rings. The number of hydrogen-bond acceptors (Lipinski definition) is 5. The highest BCUT2D eigenvalue weighted by molar-refractivity contribution is 5.56. The zero-order valence-corrected chi connectivity index (χ0v) is 24.1. The Morgan fingerprint density at radius 3 is 1.41 bits per heavy atom. The number of rotatable bonds is 10. The fourth-order valence-corrected chi connectivity index (χ4v) is 4.95. The van der Waals surface area contributed by atoms with Gasteiger partial charge in [0, 0.05) is 31.0 Å². The summed E-state index contributed by atoms with van der Waals surface area (Å²) in [7, 11) is 3.44. The Labute approximate surface area is 232 Å². The molecule has 0 spiro atoms. The number of nitrogen functional groups attached to an aromatic ring is 1. The molecule has 5 nitrogen and oxygen atoms in total. The summed E-state index contributed by atoms with van der Waals surface area (Å²) in [6, 6.07) is 20.1. The van der Waals surface area contributed by atoms with Gasteiger partial charge in [-0.2, -0.15) is 0 Å². The third kappa shape index (κ3) is 6.44. The van der Waals surface area contributed by atoms with Gasteiger partial charge >= 0.3 is 0 Å². The maximum atomic E-state index is 6.39. The molecule has 5 heteroatoms. The molecule has 0 heterocycles. The fraction of sp³-hybridized carbons (Fsp3) is 0.294. The van der Waals surface area contributed by atoms with Crippen LogP contribution in [0.4, 0.5) is 5.69 Å². The summed E-state index contributed by atoms with van der Waals surface area (Å²) in [6.45, 7) is 11.5. The van der Waals surface area contributed by atoms with E-state index in [1.54, 1.807) is 14.2 Å². The predicted molar refractivity (Wildman–Crippen MR) is 158 cm³/mol. The van der Waals surface area contributed by atoms with Crippen molar-refractivity contribution in [1.82, 2.24) is 0 Å². The van der Waals surface area contributed by atoms with E-state index in [4.69, 9.17) is 24.7 Å². The summed E-state index contributed by atoms with van der Waals surface area (Å²) in [4.78, 5) is 0. The van der Waals surface area contributed by atoms with Crippen molar-refractivity contribution in [2.75, 3.05) is 20.0 Å². The Morgan fingerprint density at radius 2 is 1.00 bits per heavy atom. The van der Waals surface area contributed by atoms with Gasteiger partial charge in [-0.3, -0.25) is 0 Å². The van der Waals surface area contributed by atoms with E-state index in [-0.39, 0.29) is 0 Å². The number of hydrogen-bond donors (Lipinski definition) is 1. The molecule has 0 saturated carbocycles. The van der Waals surface area contributed by atoms with Gasteiger partial charge in [0.15, 0.2) is 0 Å². The van der Waals surface area contributed by atoms with Crippen molar-refractivity contribution in [2.45, 2.75) is 54.3 Å². The van der Waals surface area contributed by atoms with E-state index in [9.17, 15) is 0 Å². The molecular weight excluding hydrogens is 486 g/mol. The Balaban J connectivity index is 1.72. The minimum atomic E-state index is 0.459. The number of benzene rings is 4. The second-order valence-electron chi connectivity index (χ2n) is 10.2. The van der Waals surface area contributed by atoms with E-state index in [1.807, 2.05) is 36.4 Å². The Hall–Kier alpha value is -3.80. The Bertz CT molecular complexity index is 1330. The van der Waals surface area contributed by atoms with Crippen molar-refractivity contribution in [2.24, 2.45) is 0 Å². The second-order valence-corrected chi connectivity index (χ2v) is 10.2. The van der Waals surface area contributed by atoms with Crippen molar-refractivity contribution in [1.29, 1.82) is 0 Å². The SMILES string of the molecule is COCc1c(C)c(Cc2cc(C)c(Oc3ccc(N)cc3)c(COC)c2C)cc(C)c1Oc1ccc(C)cc1. The first-order chi connectivity index (χ1) is 18.7. The minimum Gasteiger partial charge on any atom is -0.457 e. The molecule has 4 aromatic carbocycles. The Morgan fingerprint density at radius 1 is 0.590 bits per heavy atom. The largest absolute Gasteiger partial charge is 0.457 e. The molecule has 0 radical (unpaired) electrons. The summed E-state index contributed by atoms with van der Waals surface area (Å²) in [5.41, 5.74) is 16.9. The molecule has 39 heavy (non-hydrogen) atoms. The number of anilines is 1. The molecule has 4 aromatic rings. The average molecular weight is 526 g/mol. The van der Waals surface area contributed by atoms with E-state index in [2.05, 4.69) is 58.9 Å². The van der Waals surface area contributed by atoms with Crippen LogP contribution in [0, 0.1) is 34.6 Å². The van der Waals surface area contributed by atoms with Crippen molar-refractivity contribution in [3.05, 3.63) is 111 Å². The molecular formula is C34H39NO4. The van der Waals surface area contributed by atoms with E-state index in [1.165, 1.54) is 27.8 Å². The second kappa shape index (κ2) is 12.4. The molecule has 0 saturated heterocycles. The zero-order valence-electron chi connectivity index (χ0n) is 24.1. The first kappa shape index (κ1) is 28.2. The normalized spacial score (nSPS) is 11.1. The molecule has 0 unspecified atom stereocenters. The molecule has 204 valence electrons. The smallest absolute Gasteiger partial charge is 0.136 e. The lowest BCUT2D eigenvalue weighted by Gasteiger charge is -2.22. The summed E-state index contributed by atoms with van der Waals surface area (Å²) >= 11 is 0. The predicted octanol–water partition coefficient (Wildman–Crippen LogP) is 8.28.